The number of hydrogen-bond donors (Lipinski definition) is 0. The molecule has 0 radical (unpaired) electrons. The molecule has 0 heterocycles. The second-order valence-electron chi connectivity index (χ2n) is 2.42. The zero-order valence-electron chi connectivity index (χ0n) is 6.54. The standard InChI is InChI=1S/C7H6N2O4/c10-8(11)5-6-2-1-3-7(4-6)9(12)13/h1-4H,5H2. The lowest BCUT2D eigenvalue weighted by Crippen LogP contribution is -1.98. The van der Waals surface area contributed by atoms with Crippen LogP contribution < -0.4 is 0 Å². The van der Waals surface area contributed by atoms with Crippen molar-refractivity contribution < 1.29 is 9.85 Å². The molecule has 0 N–H and O–H groups in total. The summed E-state index contributed by atoms with van der Waals surface area (Å²) in [5.74, 6) is 0. The van der Waals surface area contributed by atoms with Gasteiger partial charge in [-0.2, -0.15) is 0 Å². The van der Waals surface area contributed by atoms with Gasteiger partial charge in [0.2, 0.25) is 6.54 Å². The highest BCUT2D eigenvalue weighted by Gasteiger charge is 2.08. The van der Waals surface area contributed by atoms with Crippen molar-refractivity contribution in [3.8, 4) is 0 Å². The fourth-order valence-electron chi connectivity index (χ4n) is 0.917. The van der Waals surface area contributed by atoms with Crippen molar-refractivity contribution in [1.29, 1.82) is 0 Å². The minimum Gasteiger partial charge on any atom is -0.264 e. The first-order valence-corrected chi connectivity index (χ1v) is 3.45. The zero-order chi connectivity index (χ0) is 9.84. The van der Waals surface area contributed by atoms with E-state index in [2.05, 4.69) is 0 Å². The second kappa shape index (κ2) is 3.61. The summed E-state index contributed by atoms with van der Waals surface area (Å²) in [5, 5.41) is 20.4. The lowest BCUT2D eigenvalue weighted by atomic mass is 10.2. The quantitative estimate of drug-likeness (QED) is 0.521. The van der Waals surface area contributed by atoms with Gasteiger partial charge in [-0.1, -0.05) is 12.1 Å². The fourth-order valence-corrected chi connectivity index (χ4v) is 0.917. The van der Waals surface area contributed by atoms with E-state index < -0.39 is 9.85 Å². The Morgan fingerprint density at radius 2 is 1.92 bits per heavy atom. The monoisotopic (exact) mass is 182 g/mol. The highest BCUT2D eigenvalue weighted by molar-refractivity contribution is 5.33. The van der Waals surface area contributed by atoms with Crippen molar-refractivity contribution in [2.24, 2.45) is 0 Å². The third-order valence-electron chi connectivity index (χ3n) is 1.43. The summed E-state index contributed by atoms with van der Waals surface area (Å²) >= 11 is 0. The predicted molar refractivity (Wildman–Crippen MR) is 43.8 cm³/mol. The Labute approximate surface area is 73.1 Å². The summed E-state index contributed by atoms with van der Waals surface area (Å²) in [7, 11) is 0. The van der Waals surface area contributed by atoms with E-state index in [4.69, 9.17) is 0 Å². The highest BCUT2D eigenvalue weighted by atomic mass is 16.6. The predicted octanol–water partition coefficient (Wildman–Crippen LogP) is 1.37. The van der Waals surface area contributed by atoms with Gasteiger partial charge in [-0.3, -0.25) is 20.2 Å². The Hall–Kier alpha value is -1.98. The lowest BCUT2D eigenvalue weighted by Gasteiger charge is -1.94. The molecule has 0 bridgehead atoms. The number of rotatable bonds is 3. The van der Waals surface area contributed by atoms with Crippen LogP contribution in [0.25, 0.3) is 0 Å². The van der Waals surface area contributed by atoms with Gasteiger partial charge in [-0.25, -0.2) is 0 Å². The Morgan fingerprint density at radius 1 is 1.23 bits per heavy atom. The van der Waals surface area contributed by atoms with Crippen molar-refractivity contribution in [2.45, 2.75) is 6.54 Å². The topological polar surface area (TPSA) is 86.3 Å². The summed E-state index contributed by atoms with van der Waals surface area (Å²) in [6, 6.07) is 5.40. The Bertz CT molecular complexity index is 350. The zero-order valence-corrected chi connectivity index (χ0v) is 6.54. The largest absolute Gasteiger partial charge is 0.269 e. The van der Waals surface area contributed by atoms with Crippen molar-refractivity contribution >= 4 is 5.69 Å². The van der Waals surface area contributed by atoms with E-state index in [-0.39, 0.29) is 12.2 Å². The summed E-state index contributed by atoms with van der Waals surface area (Å²) in [5.41, 5.74) is 0.207. The third kappa shape index (κ3) is 2.51. The number of non-ortho nitro benzene ring substituents is 1. The van der Waals surface area contributed by atoms with E-state index in [0.717, 1.165) is 0 Å². The summed E-state index contributed by atoms with van der Waals surface area (Å²) in [6.45, 7) is -0.387. The molecule has 6 nitrogen and oxygen atoms in total. The molecule has 1 rings (SSSR count). The Balaban J connectivity index is 2.91. The maximum Gasteiger partial charge on any atom is 0.269 e. The maximum atomic E-state index is 10.3. The summed E-state index contributed by atoms with van der Waals surface area (Å²) in [4.78, 5) is 19.3. The molecule has 0 aliphatic carbocycles. The van der Waals surface area contributed by atoms with Crippen LogP contribution in [0.4, 0.5) is 5.69 Å². The van der Waals surface area contributed by atoms with Gasteiger partial charge < -0.3 is 0 Å². The molecule has 0 aliphatic rings. The summed E-state index contributed by atoms with van der Waals surface area (Å²) in [6.07, 6.45) is 0. The van der Waals surface area contributed by atoms with Crippen LogP contribution in [0.15, 0.2) is 24.3 Å². The Morgan fingerprint density at radius 3 is 2.46 bits per heavy atom. The SMILES string of the molecule is O=[N+]([O-])Cc1cccc([N+](=O)[O-])c1. The molecule has 0 saturated heterocycles. The number of nitro benzene ring substituents is 1. The molecular weight excluding hydrogens is 176 g/mol. The molecule has 0 aromatic heterocycles. The van der Waals surface area contributed by atoms with Gasteiger partial charge in [0.05, 0.1) is 4.92 Å². The van der Waals surface area contributed by atoms with E-state index in [1.807, 2.05) is 0 Å². The minimum atomic E-state index is -0.580. The molecule has 0 unspecified atom stereocenters. The minimum absolute atomic E-state index is 0.126. The van der Waals surface area contributed by atoms with Crippen LogP contribution in [0.1, 0.15) is 5.56 Å². The molecular formula is C7H6N2O4. The first kappa shape index (κ1) is 9.11. The maximum absolute atomic E-state index is 10.3. The smallest absolute Gasteiger partial charge is 0.264 e. The highest BCUT2D eigenvalue weighted by Crippen LogP contribution is 2.13. The molecule has 1 aromatic rings. The van der Waals surface area contributed by atoms with Crippen molar-refractivity contribution in [3.63, 3.8) is 0 Å². The Kier molecular flexibility index (Phi) is 2.53. The van der Waals surface area contributed by atoms with Gasteiger partial charge in [-0.15, -0.1) is 0 Å². The van der Waals surface area contributed by atoms with Gasteiger partial charge in [0.1, 0.15) is 0 Å². The molecule has 0 amide bonds. The molecule has 0 fully saturated rings. The second-order valence-corrected chi connectivity index (χ2v) is 2.42. The van der Waals surface area contributed by atoms with Crippen LogP contribution in [0.2, 0.25) is 0 Å². The van der Waals surface area contributed by atoms with Crippen molar-refractivity contribution in [3.05, 3.63) is 50.1 Å². The van der Waals surface area contributed by atoms with E-state index in [1.54, 1.807) is 0 Å². The van der Waals surface area contributed by atoms with Crippen molar-refractivity contribution in [2.75, 3.05) is 0 Å². The van der Waals surface area contributed by atoms with Gasteiger partial charge in [0.15, 0.2) is 0 Å². The van der Waals surface area contributed by atoms with E-state index >= 15 is 0 Å². The van der Waals surface area contributed by atoms with Crippen LogP contribution in [-0.4, -0.2) is 9.85 Å². The lowest BCUT2D eigenvalue weighted by molar-refractivity contribution is -0.496. The molecule has 0 aliphatic heterocycles. The molecule has 6 heteroatoms. The van der Waals surface area contributed by atoms with Crippen molar-refractivity contribution in [1.82, 2.24) is 0 Å². The third-order valence-corrected chi connectivity index (χ3v) is 1.43. The first-order valence-electron chi connectivity index (χ1n) is 3.45. The average molecular weight is 182 g/mol. The van der Waals surface area contributed by atoms with Crippen LogP contribution >= 0.6 is 0 Å². The van der Waals surface area contributed by atoms with Crippen LogP contribution in [0, 0.1) is 20.2 Å². The number of benzene rings is 1. The van der Waals surface area contributed by atoms with Gasteiger partial charge in [0, 0.05) is 22.6 Å². The van der Waals surface area contributed by atoms with Crippen LogP contribution in [0.5, 0.6) is 0 Å². The average Bonchev–Trinajstić information content (AvgIpc) is 2.03. The normalized spacial score (nSPS) is 9.54. The molecule has 0 spiro atoms. The first-order chi connectivity index (χ1) is 6.09. The van der Waals surface area contributed by atoms with E-state index in [9.17, 15) is 20.2 Å². The van der Waals surface area contributed by atoms with Crippen LogP contribution in [0.3, 0.4) is 0 Å². The number of hydrogen-bond acceptors (Lipinski definition) is 4. The molecule has 0 saturated carbocycles. The number of nitro groups is 2. The van der Waals surface area contributed by atoms with Gasteiger partial charge in [-0.05, 0) is 0 Å². The van der Waals surface area contributed by atoms with Crippen LogP contribution in [-0.2, 0) is 6.54 Å². The number of nitrogens with zero attached hydrogens (tertiary/aromatic N) is 2. The molecule has 68 valence electrons. The summed E-state index contributed by atoms with van der Waals surface area (Å²) < 4.78 is 0. The fraction of sp³-hybridized carbons (Fsp3) is 0.143. The van der Waals surface area contributed by atoms with E-state index in [0.29, 0.717) is 5.56 Å². The van der Waals surface area contributed by atoms with Gasteiger partial charge in [0.25, 0.3) is 5.69 Å². The molecule has 13 heavy (non-hydrogen) atoms. The van der Waals surface area contributed by atoms with E-state index in [1.165, 1.54) is 24.3 Å². The molecule has 1 aromatic carbocycles. The van der Waals surface area contributed by atoms with Gasteiger partial charge >= 0.3 is 0 Å². The molecule has 0 atom stereocenters.